The number of hydrogen-bond donors (Lipinski definition) is 3. The Hall–Kier alpha value is -0.870. The van der Waals surface area contributed by atoms with Gasteiger partial charge in [-0.15, -0.1) is 12.4 Å². The maximum absolute atomic E-state index is 12.2. The maximum Gasteiger partial charge on any atom is 0.262 e. The molecule has 7 nitrogen and oxygen atoms in total. The first-order valence-corrected chi connectivity index (χ1v) is 8.12. The van der Waals surface area contributed by atoms with Crippen molar-refractivity contribution in [3.63, 3.8) is 0 Å². The lowest BCUT2D eigenvalue weighted by Crippen LogP contribution is -2.31. The Kier molecular flexibility index (Phi) is 6.41. The van der Waals surface area contributed by atoms with Crippen LogP contribution in [0.15, 0.2) is 21.5 Å². The first-order chi connectivity index (χ1) is 9.44. The van der Waals surface area contributed by atoms with Crippen molar-refractivity contribution < 1.29 is 17.9 Å². The minimum absolute atomic E-state index is 0. The van der Waals surface area contributed by atoms with Gasteiger partial charge in [0.2, 0.25) is 10.0 Å². The molecule has 1 aliphatic heterocycles. The van der Waals surface area contributed by atoms with Crippen LogP contribution in [0.2, 0.25) is 0 Å². The summed E-state index contributed by atoms with van der Waals surface area (Å²) in [5, 5.41) is 5.46. The Morgan fingerprint density at radius 1 is 1.38 bits per heavy atom. The summed E-state index contributed by atoms with van der Waals surface area (Å²) in [7, 11) is -1.90. The average Bonchev–Trinajstić information content (AvgIpc) is 2.37. The lowest BCUT2D eigenvalue weighted by molar-refractivity contribution is -0.118. The van der Waals surface area contributed by atoms with E-state index >= 15 is 0 Å². The summed E-state index contributed by atoms with van der Waals surface area (Å²) in [6.45, 7) is 0.676. The molecule has 0 atom stereocenters. The monoisotopic (exact) mass is 399 g/mol. The molecule has 1 aromatic carbocycles. The molecule has 0 unspecified atom stereocenters. The third kappa shape index (κ3) is 4.30. The van der Waals surface area contributed by atoms with Crippen LogP contribution in [-0.4, -0.2) is 41.1 Å². The largest absolute Gasteiger partial charge is 0.482 e. The molecule has 1 heterocycles. The minimum Gasteiger partial charge on any atom is -0.482 e. The predicted octanol–water partition coefficient (Wildman–Crippen LogP) is 0.699. The first kappa shape index (κ1) is 18.2. The molecule has 1 aliphatic rings. The lowest BCUT2D eigenvalue weighted by Gasteiger charge is -2.19. The van der Waals surface area contributed by atoms with Crippen LogP contribution in [0.3, 0.4) is 0 Å². The van der Waals surface area contributed by atoms with E-state index in [1.165, 1.54) is 12.1 Å². The highest BCUT2D eigenvalue weighted by Crippen LogP contribution is 2.35. The molecule has 0 radical (unpaired) electrons. The molecule has 10 heteroatoms. The van der Waals surface area contributed by atoms with Crippen molar-refractivity contribution in [2.45, 2.75) is 4.90 Å². The molecule has 3 N–H and O–H groups in total. The highest BCUT2D eigenvalue weighted by molar-refractivity contribution is 9.10. The van der Waals surface area contributed by atoms with Crippen molar-refractivity contribution in [2.75, 3.05) is 32.1 Å². The number of anilines is 1. The summed E-state index contributed by atoms with van der Waals surface area (Å²) < 4.78 is 32.4. The average molecular weight is 401 g/mol. The molecule has 0 spiro atoms. The fourth-order valence-electron chi connectivity index (χ4n) is 1.68. The zero-order valence-electron chi connectivity index (χ0n) is 11.1. The molecule has 1 amide bonds. The van der Waals surface area contributed by atoms with Crippen LogP contribution in [0.5, 0.6) is 5.75 Å². The van der Waals surface area contributed by atoms with E-state index in [0.717, 1.165) is 0 Å². The highest BCUT2D eigenvalue weighted by atomic mass is 79.9. The van der Waals surface area contributed by atoms with Crippen LogP contribution in [0.1, 0.15) is 0 Å². The quantitative estimate of drug-likeness (QED) is 0.632. The zero-order chi connectivity index (χ0) is 14.8. The Morgan fingerprint density at radius 3 is 2.76 bits per heavy atom. The molecule has 0 aliphatic carbocycles. The van der Waals surface area contributed by atoms with Crippen molar-refractivity contribution in [2.24, 2.45) is 0 Å². The molecule has 2 rings (SSSR count). The summed E-state index contributed by atoms with van der Waals surface area (Å²) in [5.74, 6) is 0.0638. The molecule has 0 bridgehead atoms. The van der Waals surface area contributed by atoms with Crippen LogP contribution in [0.25, 0.3) is 0 Å². The predicted molar refractivity (Wildman–Crippen MR) is 84.6 cm³/mol. The molecule has 21 heavy (non-hydrogen) atoms. The Labute approximate surface area is 137 Å². The maximum atomic E-state index is 12.2. The van der Waals surface area contributed by atoms with Gasteiger partial charge in [0.15, 0.2) is 6.61 Å². The van der Waals surface area contributed by atoms with Gasteiger partial charge < -0.3 is 15.4 Å². The van der Waals surface area contributed by atoms with Crippen LogP contribution < -0.4 is 20.1 Å². The van der Waals surface area contributed by atoms with E-state index in [9.17, 15) is 13.2 Å². The zero-order valence-corrected chi connectivity index (χ0v) is 14.3. The van der Waals surface area contributed by atoms with E-state index < -0.39 is 10.0 Å². The van der Waals surface area contributed by atoms with E-state index in [1.54, 1.807) is 7.05 Å². The molecule has 0 saturated carbocycles. The number of fused-ring (bicyclic) bond motifs is 1. The summed E-state index contributed by atoms with van der Waals surface area (Å²) in [5.41, 5.74) is 0.447. The molecule has 118 valence electrons. The third-order valence-electron chi connectivity index (χ3n) is 2.62. The topological polar surface area (TPSA) is 96.5 Å². The number of rotatable bonds is 5. The Bertz CT molecular complexity index is 639. The number of halogens is 2. The van der Waals surface area contributed by atoms with Gasteiger partial charge in [0.05, 0.1) is 10.6 Å². The molecule has 1 aromatic rings. The standard InChI is InChI=1S/C11H14BrN3O4S.ClH/c1-13-2-3-14-20(17,18)10-5-9-8(4-7(10)12)15-11(16)6-19-9;/h4-5,13-14H,2-3,6H2,1H3,(H,15,16);1H. The number of nitrogens with one attached hydrogen (secondary N) is 3. The minimum atomic E-state index is -3.64. The van der Waals surface area contributed by atoms with Crippen molar-refractivity contribution in [1.82, 2.24) is 10.0 Å². The van der Waals surface area contributed by atoms with Gasteiger partial charge in [-0.2, -0.15) is 0 Å². The van der Waals surface area contributed by atoms with E-state index in [1.807, 2.05) is 0 Å². The second-order valence-electron chi connectivity index (χ2n) is 4.12. The van der Waals surface area contributed by atoms with E-state index in [0.29, 0.717) is 22.5 Å². The Morgan fingerprint density at radius 2 is 2.10 bits per heavy atom. The molecule has 0 fully saturated rings. The summed E-state index contributed by atoms with van der Waals surface area (Å²) >= 11 is 3.20. The number of hydrogen-bond acceptors (Lipinski definition) is 5. The van der Waals surface area contributed by atoms with Gasteiger partial charge in [0.25, 0.3) is 5.91 Å². The number of carbonyl (C=O) groups is 1. The molecular formula is C11H15BrClN3O4S. The highest BCUT2D eigenvalue weighted by Gasteiger charge is 2.23. The fourth-order valence-corrected chi connectivity index (χ4v) is 3.76. The van der Waals surface area contributed by atoms with Gasteiger partial charge >= 0.3 is 0 Å². The smallest absolute Gasteiger partial charge is 0.262 e. The van der Waals surface area contributed by atoms with Crippen molar-refractivity contribution in [3.05, 3.63) is 16.6 Å². The van der Waals surface area contributed by atoms with Gasteiger partial charge in [0, 0.05) is 23.6 Å². The van der Waals surface area contributed by atoms with Crippen molar-refractivity contribution in [1.29, 1.82) is 0 Å². The number of likely N-dealkylation sites (N-methyl/N-ethyl adjacent to an activating group) is 1. The van der Waals surface area contributed by atoms with E-state index in [2.05, 4.69) is 31.3 Å². The summed E-state index contributed by atoms with van der Waals surface area (Å²) in [6.07, 6.45) is 0. The normalized spacial score (nSPS) is 13.7. The number of benzene rings is 1. The lowest BCUT2D eigenvalue weighted by atomic mass is 10.2. The van der Waals surface area contributed by atoms with Gasteiger partial charge in [-0.05, 0) is 29.0 Å². The van der Waals surface area contributed by atoms with Crippen LogP contribution in [0, 0.1) is 0 Å². The molecule has 0 aromatic heterocycles. The Balaban J connectivity index is 0.00000220. The molecule has 0 saturated heterocycles. The number of carbonyl (C=O) groups excluding carboxylic acids is 1. The van der Waals surface area contributed by atoms with Crippen LogP contribution in [-0.2, 0) is 14.8 Å². The van der Waals surface area contributed by atoms with Crippen LogP contribution >= 0.6 is 28.3 Å². The van der Waals surface area contributed by atoms with Gasteiger partial charge in [-0.3, -0.25) is 4.79 Å². The second kappa shape index (κ2) is 7.41. The van der Waals surface area contributed by atoms with Gasteiger partial charge in [0.1, 0.15) is 5.75 Å². The summed E-state index contributed by atoms with van der Waals surface area (Å²) in [6, 6.07) is 2.90. The fraction of sp³-hybridized carbons (Fsp3) is 0.364. The summed E-state index contributed by atoms with van der Waals surface area (Å²) in [4.78, 5) is 11.3. The SMILES string of the molecule is CNCCNS(=O)(=O)c1cc2c(cc1Br)NC(=O)CO2.Cl. The van der Waals surface area contributed by atoms with Crippen molar-refractivity contribution >= 4 is 50.0 Å². The van der Waals surface area contributed by atoms with E-state index in [4.69, 9.17) is 4.74 Å². The second-order valence-corrected chi connectivity index (χ2v) is 6.71. The third-order valence-corrected chi connectivity index (χ3v) is 5.04. The number of sulfonamides is 1. The van der Waals surface area contributed by atoms with Gasteiger partial charge in [-0.25, -0.2) is 13.1 Å². The first-order valence-electron chi connectivity index (χ1n) is 5.84. The van der Waals surface area contributed by atoms with Gasteiger partial charge in [-0.1, -0.05) is 0 Å². The van der Waals surface area contributed by atoms with Crippen molar-refractivity contribution in [3.8, 4) is 5.75 Å². The number of amides is 1. The van der Waals surface area contributed by atoms with E-state index in [-0.39, 0.29) is 36.4 Å². The number of ether oxygens (including phenoxy) is 1. The molecular weight excluding hydrogens is 386 g/mol. The van der Waals surface area contributed by atoms with Crippen LogP contribution in [0.4, 0.5) is 5.69 Å².